The molecule has 256 valence electrons. The first kappa shape index (κ1) is 33.9. The Morgan fingerprint density at radius 3 is 2.47 bits per heavy atom. The van der Waals surface area contributed by atoms with Gasteiger partial charge >= 0.3 is 0 Å². The monoisotopic (exact) mass is 638 g/mol. The van der Waals surface area contributed by atoms with Crippen molar-refractivity contribution in [2.75, 3.05) is 20.3 Å². The topological polar surface area (TPSA) is 179 Å². The molecule has 5 fully saturated rings. The van der Waals surface area contributed by atoms with E-state index in [0.717, 1.165) is 18.4 Å². The fourth-order valence-corrected chi connectivity index (χ4v) is 11.0. The van der Waals surface area contributed by atoms with Crippen LogP contribution in [0.5, 0.6) is 0 Å². The number of ether oxygens (including phenoxy) is 4. The summed E-state index contributed by atoms with van der Waals surface area (Å²) >= 11 is 0. The van der Waals surface area contributed by atoms with Crippen molar-refractivity contribution < 1.29 is 54.7 Å². The highest BCUT2D eigenvalue weighted by Crippen LogP contribution is 2.70. The molecule has 0 radical (unpaired) electrons. The number of hydrogen-bond donors (Lipinski definition) is 7. The molecule has 3 saturated carbocycles. The van der Waals surface area contributed by atoms with Crippen LogP contribution in [-0.4, -0.2) is 117 Å². The molecule has 0 aromatic rings. The minimum Gasteiger partial charge on any atom is -0.394 e. The lowest BCUT2D eigenvalue weighted by Gasteiger charge is -2.61. The molecular formula is C34H54O11. The molecule has 0 amide bonds. The SMILES string of the molecule is C=C(CC[C@@]1(OC)O[C@H]2C[C@H]3[C@@H]4CC=C5C[C@@H](O)C[C@@H](O)[C@]5(C)[C@H]4[C@H](O)C[C@]3(C)[C@H]2[C@@H]1C)CO[C@@H]1O[C@H](CO)[C@@H](O)[C@H](O)[C@H]1O. The van der Waals surface area contributed by atoms with E-state index in [1.165, 1.54) is 0 Å². The molecule has 45 heavy (non-hydrogen) atoms. The van der Waals surface area contributed by atoms with E-state index in [0.29, 0.717) is 43.6 Å². The number of fused-ring (bicyclic) bond motifs is 7. The second-order valence-corrected chi connectivity index (χ2v) is 15.4. The van der Waals surface area contributed by atoms with Crippen molar-refractivity contribution >= 4 is 0 Å². The summed E-state index contributed by atoms with van der Waals surface area (Å²) in [6.45, 7) is 10.2. The van der Waals surface area contributed by atoms with E-state index < -0.39 is 66.8 Å². The second-order valence-electron chi connectivity index (χ2n) is 15.4. The summed E-state index contributed by atoms with van der Waals surface area (Å²) in [7, 11) is 1.67. The smallest absolute Gasteiger partial charge is 0.187 e. The lowest BCUT2D eigenvalue weighted by atomic mass is 9.45. The van der Waals surface area contributed by atoms with Crippen LogP contribution in [0.1, 0.15) is 65.7 Å². The summed E-state index contributed by atoms with van der Waals surface area (Å²) < 4.78 is 24.1. The Bertz CT molecular complexity index is 1150. The first-order chi connectivity index (χ1) is 21.2. The van der Waals surface area contributed by atoms with Crippen LogP contribution in [0.3, 0.4) is 0 Å². The Morgan fingerprint density at radius 1 is 1.04 bits per heavy atom. The minimum atomic E-state index is -1.51. The summed E-state index contributed by atoms with van der Waals surface area (Å²) in [6.07, 6.45) is -2.01. The molecule has 11 heteroatoms. The molecule has 7 N–H and O–H groups in total. The van der Waals surface area contributed by atoms with Gasteiger partial charge in [-0.05, 0) is 61.2 Å². The maximum atomic E-state index is 11.9. The van der Waals surface area contributed by atoms with Crippen LogP contribution in [0.25, 0.3) is 0 Å². The standard InChI is InChI=1S/C34H54O11/c1-16(15-43-31-30(41)29(40)28(39)24(14-35)44-31)8-9-34(42-5)17(2)26-23(45-34)12-21-20-7-6-18-10-19(36)11-25(38)33(18,4)27(20)22(37)13-32(21,26)3/h6,17,19-31,35-41H,1,7-15H2,2-5H3/t17-,19+,20-,21-,22+,23-,24+,25+,26-,27+,28+,29-,30+,31+,32-,33+,34+/m0/s1. The van der Waals surface area contributed by atoms with Gasteiger partial charge in [0, 0.05) is 31.3 Å². The van der Waals surface area contributed by atoms with Crippen LogP contribution in [0, 0.1) is 40.4 Å². The Kier molecular flexibility index (Phi) is 9.18. The maximum Gasteiger partial charge on any atom is 0.187 e. The summed E-state index contributed by atoms with van der Waals surface area (Å²) in [5.41, 5.74) is 1.09. The van der Waals surface area contributed by atoms with Crippen LogP contribution in [0.15, 0.2) is 23.8 Å². The van der Waals surface area contributed by atoms with Gasteiger partial charge in [-0.25, -0.2) is 0 Å². The third kappa shape index (κ3) is 5.20. The fourth-order valence-electron chi connectivity index (χ4n) is 11.0. The van der Waals surface area contributed by atoms with E-state index >= 15 is 0 Å². The number of aliphatic hydroxyl groups is 7. The van der Waals surface area contributed by atoms with Crippen molar-refractivity contribution in [3.8, 4) is 0 Å². The van der Waals surface area contributed by atoms with Gasteiger partial charge < -0.3 is 54.7 Å². The zero-order valence-corrected chi connectivity index (χ0v) is 27.0. The van der Waals surface area contributed by atoms with Crippen LogP contribution in [-0.2, 0) is 18.9 Å². The van der Waals surface area contributed by atoms with Crippen molar-refractivity contribution in [3.05, 3.63) is 23.8 Å². The van der Waals surface area contributed by atoms with Crippen molar-refractivity contribution in [1.82, 2.24) is 0 Å². The average Bonchev–Trinajstić information content (AvgIpc) is 3.44. The van der Waals surface area contributed by atoms with Gasteiger partial charge in [-0.2, -0.15) is 0 Å². The predicted octanol–water partition coefficient (Wildman–Crippen LogP) is 1.01. The van der Waals surface area contributed by atoms with E-state index in [9.17, 15) is 35.7 Å². The van der Waals surface area contributed by atoms with Crippen molar-refractivity contribution in [3.63, 3.8) is 0 Å². The summed E-state index contributed by atoms with van der Waals surface area (Å²) in [5.74, 6) is -0.159. The Labute approximate surface area is 265 Å². The number of methoxy groups -OCH3 is 1. The van der Waals surface area contributed by atoms with Gasteiger partial charge in [0.1, 0.15) is 24.4 Å². The molecule has 2 saturated heterocycles. The highest BCUT2D eigenvalue weighted by molar-refractivity contribution is 5.29. The quantitative estimate of drug-likeness (QED) is 0.189. The number of aliphatic hydroxyl groups excluding tert-OH is 7. The highest BCUT2D eigenvalue weighted by Gasteiger charge is 2.70. The first-order valence-corrected chi connectivity index (χ1v) is 16.8. The predicted molar refractivity (Wildman–Crippen MR) is 161 cm³/mol. The van der Waals surface area contributed by atoms with E-state index in [-0.39, 0.29) is 41.8 Å². The number of rotatable bonds is 8. The molecule has 0 unspecified atom stereocenters. The molecule has 2 aliphatic heterocycles. The van der Waals surface area contributed by atoms with E-state index in [1.54, 1.807) is 7.11 Å². The molecule has 0 aromatic carbocycles. The van der Waals surface area contributed by atoms with Crippen LogP contribution in [0.4, 0.5) is 0 Å². The van der Waals surface area contributed by atoms with Gasteiger partial charge in [-0.1, -0.05) is 44.6 Å². The third-order valence-electron chi connectivity index (χ3n) is 13.3. The largest absolute Gasteiger partial charge is 0.394 e. The fraction of sp³-hybridized carbons (Fsp3) is 0.882. The molecule has 0 spiro atoms. The van der Waals surface area contributed by atoms with Gasteiger partial charge in [-0.3, -0.25) is 0 Å². The zero-order chi connectivity index (χ0) is 32.6. The Balaban J connectivity index is 1.12. The van der Waals surface area contributed by atoms with E-state index in [2.05, 4.69) is 33.4 Å². The molecule has 17 atom stereocenters. The lowest BCUT2D eigenvalue weighted by Crippen LogP contribution is -2.60. The van der Waals surface area contributed by atoms with E-state index in [4.69, 9.17) is 18.9 Å². The highest BCUT2D eigenvalue weighted by atomic mass is 16.7. The summed E-state index contributed by atoms with van der Waals surface area (Å²) in [5, 5.41) is 73.3. The van der Waals surface area contributed by atoms with Crippen molar-refractivity contribution in [2.24, 2.45) is 40.4 Å². The summed E-state index contributed by atoms with van der Waals surface area (Å²) in [6, 6.07) is 0. The minimum absolute atomic E-state index is 0.0317. The molecule has 6 aliphatic rings. The zero-order valence-electron chi connectivity index (χ0n) is 27.0. The second kappa shape index (κ2) is 12.2. The van der Waals surface area contributed by atoms with Crippen molar-refractivity contribution in [1.29, 1.82) is 0 Å². The molecule has 2 heterocycles. The van der Waals surface area contributed by atoms with Gasteiger partial charge in [0.15, 0.2) is 12.1 Å². The van der Waals surface area contributed by atoms with Crippen LogP contribution in [0.2, 0.25) is 0 Å². The molecular weight excluding hydrogens is 584 g/mol. The molecule has 0 aromatic heterocycles. The number of hydrogen-bond acceptors (Lipinski definition) is 11. The Morgan fingerprint density at radius 2 is 1.78 bits per heavy atom. The van der Waals surface area contributed by atoms with Gasteiger partial charge in [0.2, 0.25) is 0 Å². The van der Waals surface area contributed by atoms with Crippen molar-refractivity contribution in [2.45, 2.75) is 127 Å². The maximum absolute atomic E-state index is 11.9. The van der Waals surface area contributed by atoms with Gasteiger partial charge in [0.25, 0.3) is 0 Å². The summed E-state index contributed by atoms with van der Waals surface area (Å²) in [4.78, 5) is 0. The molecule has 11 nitrogen and oxygen atoms in total. The Hall–Kier alpha value is -0.960. The molecule has 0 bridgehead atoms. The average molecular weight is 639 g/mol. The number of allylic oxidation sites excluding steroid dienone is 1. The van der Waals surface area contributed by atoms with Crippen LogP contribution >= 0.6 is 0 Å². The normalized spacial score (nSPS) is 54.1. The van der Waals surface area contributed by atoms with Gasteiger partial charge in [-0.15, -0.1) is 0 Å². The third-order valence-corrected chi connectivity index (χ3v) is 13.3. The van der Waals surface area contributed by atoms with E-state index in [1.807, 2.05) is 0 Å². The molecule has 4 aliphatic carbocycles. The van der Waals surface area contributed by atoms with Gasteiger partial charge in [0.05, 0.1) is 37.6 Å². The molecule has 6 rings (SSSR count). The van der Waals surface area contributed by atoms with Crippen LogP contribution < -0.4 is 0 Å². The first-order valence-electron chi connectivity index (χ1n) is 16.8. The lowest BCUT2D eigenvalue weighted by molar-refractivity contribution is -0.299.